The third kappa shape index (κ3) is 5.17. The second-order valence-electron chi connectivity index (χ2n) is 4.42. The molecule has 120 valence electrons. The molecule has 1 aromatic rings. The molecule has 1 aromatic carbocycles. The fourth-order valence-electron chi connectivity index (χ4n) is 1.31. The molecule has 0 aliphatic rings. The number of hydrogen-bond donors (Lipinski definition) is 0. The van der Waals surface area contributed by atoms with Crippen LogP contribution in [0.3, 0.4) is 0 Å². The van der Waals surface area contributed by atoms with Gasteiger partial charge in [0.1, 0.15) is 17.3 Å². The summed E-state index contributed by atoms with van der Waals surface area (Å²) in [6.07, 6.45) is 0. The number of ether oxygens (including phenoxy) is 1. The Morgan fingerprint density at radius 1 is 1.10 bits per heavy atom. The van der Waals surface area contributed by atoms with E-state index < -0.39 is 24.1 Å². The van der Waals surface area contributed by atoms with Crippen LogP contribution in [0.15, 0.2) is 17.0 Å². The van der Waals surface area contributed by atoms with Gasteiger partial charge in [-0.3, -0.25) is 0 Å². The Bertz CT molecular complexity index is 726. The van der Waals surface area contributed by atoms with Gasteiger partial charge in [0.05, 0.1) is 21.0 Å². The molecule has 0 aliphatic carbocycles. The highest BCUT2D eigenvalue weighted by atomic mass is 35.7. The molecule has 21 heavy (non-hydrogen) atoms. The zero-order valence-corrected chi connectivity index (χ0v) is 15.0. The lowest BCUT2D eigenvalue weighted by Crippen LogP contribution is -2.22. The first-order valence-corrected chi connectivity index (χ1v) is 10.5. The van der Waals surface area contributed by atoms with Crippen molar-refractivity contribution in [3.05, 3.63) is 22.2 Å². The molecule has 0 aliphatic heterocycles. The monoisotopic (exact) mass is 394 g/mol. The van der Waals surface area contributed by atoms with Crippen LogP contribution in [-0.2, 0) is 18.9 Å². The van der Waals surface area contributed by atoms with Gasteiger partial charge >= 0.3 is 0 Å². The lowest BCUT2D eigenvalue weighted by atomic mass is 10.3. The molecule has 10 heteroatoms. The van der Waals surface area contributed by atoms with Crippen LogP contribution >= 0.6 is 33.9 Å². The fourth-order valence-corrected chi connectivity index (χ4v) is 3.89. The zero-order chi connectivity index (χ0) is 16.4. The predicted molar refractivity (Wildman–Crippen MR) is 83.9 cm³/mol. The summed E-state index contributed by atoms with van der Waals surface area (Å²) >= 11 is 11.6. The summed E-state index contributed by atoms with van der Waals surface area (Å²) in [5.74, 6) is -0.0987. The number of hydrogen-bond acceptors (Lipinski definition) is 5. The smallest absolute Gasteiger partial charge is 0.262 e. The highest BCUT2D eigenvalue weighted by Crippen LogP contribution is 2.35. The van der Waals surface area contributed by atoms with Crippen molar-refractivity contribution in [2.24, 2.45) is 0 Å². The Labute approximate surface area is 138 Å². The lowest BCUT2D eigenvalue weighted by Gasteiger charge is -2.11. The molecule has 0 saturated heterocycles. The van der Waals surface area contributed by atoms with Crippen molar-refractivity contribution in [3.8, 4) is 5.75 Å². The van der Waals surface area contributed by atoms with Crippen LogP contribution < -0.4 is 4.74 Å². The molecule has 0 amide bonds. The van der Waals surface area contributed by atoms with Crippen molar-refractivity contribution in [2.75, 3.05) is 12.4 Å². The summed E-state index contributed by atoms with van der Waals surface area (Å²) in [7, 11) is -2.07. The van der Waals surface area contributed by atoms with Gasteiger partial charge in [0.15, 0.2) is 9.84 Å². The Morgan fingerprint density at radius 2 is 1.67 bits per heavy atom. The molecular formula is C11H13Cl3O5S2. The molecule has 0 aromatic heterocycles. The standard InChI is InChI=1S/C11H13Cl3O5S2/c1-7(2)20(15,16)4-3-19-10-5-9(13)11(6-8(10)12)21(14,17)18/h5-7H,3-4H2,1-2H3. The van der Waals surface area contributed by atoms with Crippen LogP contribution in [0.25, 0.3) is 0 Å². The molecule has 0 unspecified atom stereocenters. The van der Waals surface area contributed by atoms with Gasteiger partial charge in [0.25, 0.3) is 9.05 Å². The Morgan fingerprint density at radius 3 is 2.14 bits per heavy atom. The Hall–Kier alpha value is -0.210. The van der Waals surface area contributed by atoms with Gasteiger partial charge in [-0.25, -0.2) is 16.8 Å². The van der Waals surface area contributed by atoms with E-state index in [-0.39, 0.29) is 33.0 Å². The lowest BCUT2D eigenvalue weighted by molar-refractivity contribution is 0.340. The van der Waals surface area contributed by atoms with E-state index in [1.807, 2.05) is 0 Å². The van der Waals surface area contributed by atoms with Crippen LogP contribution in [0.1, 0.15) is 13.8 Å². The number of rotatable bonds is 6. The molecule has 0 atom stereocenters. The average Bonchev–Trinajstić information content (AvgIpc) is 2.31. The molecule has 0 radical (unpaired) electrons. The maximum atomic E-state index is 11.6. The van der Waals surface area contributed by atoms with Crippen molar-refractivity contribution < 1.29 is 21.6 Å². The first kappa shape index (κ1) is 18.8. The zero-order valence-electron chi connectivity index (χ0n) is 11.1. The summed E-state index contributed by atoms with van der Waals surface area (Å²) in [5, 5.41) is -0.694. The summed E-state index contributed by atoms with van der Waals surface area (Å²) in [6.45, 7) is 3.02. The van der Waals surface area contributed by atoms with E-state index in [1.54, 1.807) is 13.8 Å². The maximum absolute atomic E-state index is 11.6. The summed E-state index contributed by atoms with van der Waals surface area (Å²) in [4.78, 5) is -0.335. The average molecular weight is 396 g/mol. The summed E-state index contributed by atoms with van der Waals surface area (Å²) in [5.41, 5.74) is 0. The normalized spacial score (nSPS) is 12.7. The van der Waals surface area contributed by atoms with Gasteiger partial charge in [0, 0.05) is 16.7 Å². The van der Waals surface area contributed by atoms with E-state index in [0.717, 1.165) is 6.07 Å². The van der Waals surface area contributed by atoms with Crippen LogP contribution in [0.5, 0.6) is 5.75 Å². The minimum absolute atomic E-state index is 0.0273. The van der Waals surface area contributed by atoms with Gasteiger partial charge in [-0.15, -0.1) is 0 Å². The molecule has 0 N–H and O–H groups in total. The van der Waals surface area contributed by atoms with Gasteiger partial charge in [0.2, 0.25) is 0 Å². The van der Waals surface area contributed by atoms with E-state index in [4.69, 9.17) is 38.6 Å². The fraction of sp³-hybridized carbons (Fsp3) is 0.455. The predicted octanol–water partition coefficient (Wildman–Crippen LogP) is 3.12. The molecule has 5 nitrogen and oxygen atoms in total. The van der Waals surface area contributed by atoms with Crippen LogP contribution in [0.2, 0.25) is 10.0 Å². The van der Waals surface area contributed by atoms with Crippen molar-refractivity contribution in [1.82, 2.24) is 0 Å². The quantitative estimate of drug-likeness (QED) is 0.692. The minimum atomic E-state index is -4.02. The number of sulfone groups is 1. The Kier molecular flexibility index (Phi) is 6.20. The highest BCUT2D eigenvalue weighted by molar-refractivity contribution is 8.13. The molecular weight excluding hydrogens is 383 g/mol. The third-order valence-electron chi connectivity index (χ3n) is 2.59. The van der Waals surface area contributed by atoms with Gasteiger partial charge in [-0.05, 0) is 19.9 Å². The second kappa shape index (κ2) is 6.91. The Balaban J connectivity index is 2.90. The van der Waals surface area contributed by atoms with E-state index in [2.05, 4.69) is 0 Å². The maximum Gasteiger partial charge on any atom is 0.262 e. The van der Waals surface area contributed by atoms with E-state index in [1.165, 1.54) is 6.07 Å². The molecule has 1 rings (SSSR count). The van der Waals surface area contributed by atoms with Crippen molar-refractivity contribution >= 4 is 52.8 Å². The SMILES string of the molecule is CC(C)S(=O)(=O)CCOc1cc(Cl)c(S(=O)(=O)Cl)cc1Cl. The topological polar surface area (TPSA) is 77.5 Å². The minimum Gasteiger partial charge on any atom is -0.491 e. The summed E-state index contributed by atoms with van der Waals surface area (Å²) < 4.78 is 51.0. The molecule has 0 spiro atoms. The molecule has 0 heterocycles. The number of halogens is 3. The van der Waals surface area contributed by atoms with E-state index in [0.29, 0.717) is 0 Å². The molecule has 0 bridgehead atoms. The van der Waals surface area contributed by atoms with E-state index in [9.17, 15) is 16.8 Å². The first-order valence-electron chi connectivity index (χ1n) is 5.73. The van der Waals surface area contributed by atoms with Crippen molar-refractivity contribution in [2.45, 2.75) is 24.0 Å². The van der Waals surface area contributed by atoms with Crippen LogP contribution in [0.4, 0.5) is 0 Å². The van der Waals surface area contributed by atoms with Crippen molar-refractivity contribution in [1.29, 1.82) is 0 Å². The first-order chi connectivity index (χ1) is 9.45. The van der Waals surface area contributed by atoms with Crippen LogP contribution in [-0.4, -0.2) is 34.4 Å². The largest absolute Gasteiger partial charge is 0.491 e. The van der Waals surface area contributed by atoms with E-state index >= 15 is 0 Å². The highest BCUT2D eigenvalue weighted by Gasteiger charge is 2.19. The summed E-state index contributed by atoms with van der Waals surface area (Å²) in [6, 6.07) is 2.24. The number of benzene rings is 1. The van der Waals surface area contributed by atoms with Gasteiger partial charge in [-0.1, -0.05) is 23.2 Å². The van der Waals surface area contributed by atoms with Gasteiger partial charge < -0.3 is 4.74 Å². The van der Waals surface area contributed by atoms with Crippen LogP contribution in [0, 0.1) is 0 Å². The second-order valence-corrected chi connectivity index (χ2v) is 10.4. The third-order valence-corrected chi connectivity index (χ3v) is 6.85. The van der Waals surface area contributed by atoms with Crippen molar-refractivity contribution in [3.63, 3.8) is 0 Å². The molecule has 0 fully saturated rings. The molecule has 0 saturated carbocycles. The van der Waals surface area contributed by atoms with Gasteiger partial charge in [-0.2, -0.15) is 0 Å².